The summed E-state index contributed by atoms with van der Waals surface area (Å²) in [6.07, 6.45) is 3.93. The molecule has 1 aliphatic heterocycles. The van der Waals surface area contributed by atoms with Crippen LogP contribution < -0.4 is 20.9 Å². The minimum absolute atomic E-state index is 0.110. The normalized spacial score (nSPS) is 14.5. The van der Waals surface area contributed by atoms with Crippen molar-refractivity contribution >= 4 is 23.2 Å². The second kappa shape index (κ2) is 7.74. The van der Waals surface area contributed by atoms with E-state index in [9.17, 15) is 4.79 Å². The summed E-state index contributed by atoms with van der Waals surface area (Å²) in [5.74, 6) is 1.47. The van der Waals surface area contributed by atoms with E-state index in [1.54, 1.807) is 6.20 Å². The second-order valence-corrected chi connectivity index (χ2v) is 5.65. The van der Waals surface area contributed by atoms with Gasteiger partial charge in [0, 0.05) is 45.3 Å². The SMILES string of the molecule is NCCC(=O)Nc1ccc(N2CCN(c3ccccn3)CC2)cn1. The fourth-order valence-corrected chi connectivity index (χ4v) is 2.72. The Hall–Kier alpha value is -2.67. The quantitative estimate of drug-likeness (QED) is 0.855. The molecule has 1 aliphatic rings. The van der Waals surface area contributed by atoms with Gasteiger partial charge in [-0.1, -0.05) is 6.07 Å². The van der Waals surface area contributed by atoms with E-state index < -0.39 is 0 Å². The number of hydrogen-bond donors (Lipinski definition) is 2. The summed E-state index contributed by atoms with van der Waals surface area (Å²) in [4.78, 5) is 24.8. The highest BCUT2D eigenvalue weighted by atomic mass is 16.1. The molecule has 0 radical (unpaired) electrons. The van der Waals surface area contributed by atoms with Gasteiger partial charge >= 0.3 is 0 Å². The zero-order valence-electron chi connectivity index (χ0n) is 13.6. The predicted molar refractivity (Wildman–Crippen MR) is 95.2 cm³/mol. The fourth-order valence-electron chi connectivity index (χ4n) is 2.72. The van der Waals surface area contributed by atoms with Crippen molar-refractivity contribution in [3.63, 3.8) is 0 Å². The van der Waals surface area contributed by atoms with Crippen molar-refractivity contribution in [2.24, 2.45) is 5.73 Å². The number of aromatic nitrogens is 2. The van der Waals surface area contributed by atoms with Crippen molar-refractivity contribution in [2.75, 3.05) is 47.8 Å². The molecule has 1 amide bonds. The molecule has 0 bridgehead atoms. The average Bonchev–Trinajstić information content (AvgIpc) is 2.63. The molecule has 126 valence electrons. The molecular weight excluding hydrogens is 304 g/mol. The number of carbonyl (C=O) groups is 1. The molecular formula is C17H22N6O. The molecule has 1 fully saturated rings. The standard InChI is InChI=1S/C17H22N6O/c18-7-6-17(24)21-15-5-4-14(13-20-15)22-9-11-23(12-10-22)16-3-1-2-8-19-16/h1-5,8,13H,6-7,9-12,18H2,(H,20,21,24). The van der Waals surface area contributed by atoms with Gasteiger partial charge in [-0.05, 0) is 24.3 Å². The molecule has 0 aromatic carbocycles. The van der Waals surface area contributed by atoms with Gasteiger partial charge in [0.1, 0.15) is 11.6 Å². The molecule has 0 saturated carbocycles. The van der Waals surface area contributed by atoms with Gasteiger partial charge in [0.25, 0.3) is 0 Å². The third kappa shape index (κ3) is 3.99. The van der Waals surface area contributed by atoms with Crippen LogP contribution in [-0.2, 0) is 4.79 Å². The van der Waals surface area contributed by atoms with E-state index >= 15 is 0 Å². The summed E-state index contributed by atoms with van der Waals surface area (Å²) < 4.78 is 0. The maximum atomic E-state index is 11.5. The molecule has 0 unspecified atom stereocenters. The molecule has 0 aliphatic carbocycles. The van der Waals surface area contributed by atoms with E-state index in [4.69, 9.17) is 5.73 Å². The molecule has 7 nitrogen and oxygen atoms in total. The third-order valence-corrected chi connectivity index (χ3v) is 4.00. The Labute approximate surface area is 141 Å². The fraction of sp³-hybridized carbons (Fsp3) is 0.353. The van der Waals surface area contributed by atoms with Crippen LogP contribution in [-0.4, -0.2) is 48.6 Å². The Bertz CT molecular complexity index is 653. The molecule has 3 N–H and O–H groups in total. The highest BCUT2D eigenvalue weighted by Gasteiger charge is 2.18. The topological polar surface area (TPSA) is 87.4 Å². The number of anilines is 3. The molecule has 1 saturated heterocycles. The molecule has 7 heteroatoms. The number of hydrogen-bond acceptors (Lipinski definition) is 6. The largest absolute Gasteiger partial charge is 0.367 e. The summed E-state index contributed by atoms with van der Waals surface area (Å²) in [5, 5.41) is 2.74. The monoisotopic (exact) mass is 326 g/mol. The van der Waals surface area contributed by atoms with Crippen LogP contribution in [0.3, 0.4) is 0 Å². The Kier molecular flexibility index (Phi) is 5.22. The summed E-state index contributed by atoms with van der Waals surface area (Å²) >= 11 is 0. The van der Waals surface area contributed by atoms with Crippen LogP contribution in [0.5, 0.6) is 0 Å². The average molecular weight is 326 g/mol. The first-order valence-electron chi connectivity index (χ1n) is 8.13. The third-order valence-electron chi connectivity index (χ3n) is 4.00. The molecule has 0 atom stereocenters. The van der Waals surface area contributed by atoms with Gasteiger partial charge in [0.05, 0.1) is 11.9 Å². The van der Waals surface area contributed by atoms with Crippen molar-refractivity contribution in [3.8, 4) is 0 Å². The van der Waals surface area contributed by atoms with Crippen LogP contribution in [0.15, 0.2) is 42.7 Å². The van der Waals surface area contributed by atoms with Crippen LogP contribution in [0, 0.1) is 0 Å². The van der Waals surface area contributed by atoms with E-state index in [0.717, 1.165) is 37.7 Å². The Balaban J connectivity index is 1.55. The zero-order chi connectivity index (χ0) is 16.8. The van der Waals surface area contributed by atoms with Gasteiger partial charge in [0.2, 0.25) is 5.91 Å². The van der Waals surface area contributed by atoms with E-state index in [-0.39, 0.29) is 5.91 Å². The van der Waals surface area contributed by atoms with Crippen molar-refractivity contribution in [2.45, 2.75) is 6.42 Å². The lowest BCUT2D eigenvalue weighted by Gasteiger charge is -2.36. The first-order valence-corrected chi connectivity index (χ1v) is 8.13. The number of amides is 1. The lowest BCUT2D eigenvalue weighted by atomic mass is 10.2. The Morgan fingerprint density at radius 1 is 1.08 bits per heavy atom. The highest BCUT2D eigenvalue weighted by molar-refractivity contribution is 5.89. The zero-order valence-corrected chi connectivity index (χ0v) is 13.6. The number of nitrogens with one attached hydrogen (secondary N) is 1. The van der Waals surface area contributed by atoms with Gasteiger partial charge in [-0.3, -0.25) is 4.79 Å². The lowest BCUT2D eigenvalue weighted by molar-refractivity contribution is -0.116. The van der Waals surface area contributed by atoms with E-state index in [1.165, 1.54) is 0 Å². The summed E-state index contributed by atoms with van der Waals surface area (Å²) in [7, 11) is 0. The molecule has 24 heavy (non-hydrogen) atoms. The lowest BCUT2D eigenvalue weighted by Crippen LogP contribution is -2.46. The smallest absolute Gasteiger partial charge is 0.226 e. The van der Waals surface area contributed by atoms with Gasteiger partial charge in [-0.15, -0.1) is 0 Å². The van der Waals surface area contributed by atoms with Gasteiger partial charge < -0.3 is 20.9 Å². The number of pyridine rings is 2. The van der Waals surface area contributed by atoms with Gasteiger partial charge in [-0.2, -0.15) is 0 Å². The Morgan fingerprint density at radius 2 is 1.88 bits per heavy atom. The highest BCUT2D eigenvalue weighted by Crippen LogP contribution is 2.19. The molecule has 2 aromatic heterocycles. The van der Waals surface area contributed by atoms with Crippen molar-refractivity contribution in [1.29, 1.82) is 0 Å². The molecule has 3 rings (SSSR count). The number of rotatable bonds is 5. The number of nitrogens with zero attached hydrogens (tertiary/aromatic N) is 4. The van der Waals surface area contributed by atoms with Gasteiger partial charge in [0.15, 0.2) is 0 Å². The van der Waals surface area contributed by atoms with Crippen molar-refractivity contribution in [3.05, 3.63) is 42.7 Å². The van der Waals surface area contributed by atoms with Gasteiger partial charge in [-0.25, -0.2) is 9.97 Å². The summed E-state index contributed by atoms with van der Waals surface area (Å²) in [5.41, 5.74) is 6.42. The summed E-state index contributed by atoms with van der Waals surface area (Å²) in [6.45, 7) is 4.01. The minimum atomic E-state index is -0.110. The van der Waals surface area contributed by atoms with E-state index in [1.807, 2.05) is 36.5 Å². The van der Waals surface area contributed by atoms with Crippen molar-refractivity contribution < 1.29 is 4.79 Å². The van der Waals surface area contributed by atoms with Crippen LogP contribution in [0.4, 0.5) is 17.3 Å². The second-order valence-electron chi connectivity index (χ2n) is 5.65. The molecule has 2 aromatic rings. The number of nitrogens with two attached hydrogens (primary N) is 1. The summed E-state index contributed by atoms with van der Waals surface area (Å²) in [6, 6.07) is 9.79. The van der Waals surface area contributed by atoms with Crippen molar-refractivity contribution in [1.82, 2.24) is 9.97 Å². The van der Waals surface area contributed by atoms with Crippen LogP contribution >= 0.6 is 0 Å². The minimum Gasteiger partial charge on any atom is -0.367 e. The van der Waals surface area contributed by atoms with E-state index in [2.05, 4.69) is 25.1 Å². The first kappa shape index (κ1) is 16.2. The Morgan fingerprint density at radius 3 is 2.50 bits per heavy atom. The maximum absolute atomic E-state index is 11.5. The van der Waals surface area contributed by atoms with Crippen LogP contribution in [0.25, 0.3) is 0 Å². The first-order chi connectivity index (χ1) is 11.8. The van der Waals surface area contributed by atoms with E-state index in [0.29, 0.717) is 18.8 Å². The maximum Gasteiger partial charge on any atom is 0.226 e. The molecule has 0 spiro atoms. The van der Waals surface area contributed by atoms with Crippen LogP contribution in [0.2, 0.25) is 0 Å². The number of carbonyl (C=O) groups excluding carboxylic acids is 1. The van der Waals surface area contributed by atoms with Crippen LogP contribution in [0.1, 0.15) is 6.42 Å². The predicted octanol–water partition coefficient (Wildman–Crippen LogP) is 1.09. The molecule has 3 heterocycles. The number of piperazine rings is 1.